The maximum absolute atomic E-state index is 9.22. The quantitative estimate of drug-likeness (QED) is 0.814. The lowest BCUT2D eigenvalue weighted by Crippen LogP contribution is -2.08. The molecule has 0 atom stereocenters. The molecule has 16 heavy (non-hydrogen) atoms. The van der Waals surface area contributed by atoms with Crippen molar-refractivity contribution in [3.05, 3.63) is 36.3 Å². The average Bonchev–Trinajstić information content (AvgIpc) is 2.63. The molecule has 2 aromatic rings. The van der Waals surface area contributed by atoms with Crippen molar-refractivity contribution in [1.82, 2.24) is 9.55 Å². The van der Waals surface area contributed by atoms with Crippen LogP contribution in [0.1, 0.15) is 5.82 Å². The summed E-state index contributed by atoms with van der Waals surface area (Å²) < 4.78 is 2.03. The van der Waals surface area contributed by atoms with Gasteiger partial charge in [0.1, 0.15) is 11.6 Å². The highest BCUT2D eigenvalue weighted by molar-refractivity contribution is 5.60. The molecule has 3 N–H and O–H groups in total. The molecule has 84 valence electrons. The number of nitrogens with two attached hydrogens (primary N) is 1. The SMILES string of the molecule is Cn1c(-c2ccc(O)cc2)cnc1CCN. The van der Waals surface area contributed by atoms with Gasteiger partial charge in [-0.1, -0.05) is 0 Å². The first-order valence-corrected chi connectivity index (χ1v) is 5.22. The number of phenols is 1. The van der Waals surface area contributed by atoms with Gasteiger partial charge in [-0.15, -0.1) is 0 Å². The molecule has 0 radical (unpaired) electrons. The van der Waals surface area contributed by atoms with Crippen molar-refractivity contribution in [3.8, 4) is 17.0 Å². The van der Waals surface area contributed by atoms with E-state index in [1.165, 1.54) is 0 Å². The van der Waals surface area contributed by atoms with Crippen LogP contribution in [-0.2, 0) is 13.5 Å². The van der Waals surface area contributed by atoms with Crippen molar-refractivity contribution in [2.75, 3.05) is 6.54 Å². The molecule has 0 unspecified atom stereocenters. The van der Waals surface area contributed by atoms with E-state index in [1.807, 2.05) is 29.9 Å². The van der Waals surface area contributed by atoms with Crippen molar-refractivity contribution in [2.24, 2.45) is 12.8 Å². The Morgan fingerprint density at radius 2 is 2.00 bits per heavy atom. The average molecular weight is 217 g/mol. The van der Waals surface area contributed by atoms with Crippen LogP contribution in [0.3, 0.4) is 0 Å². The van der Waals surface area contributed by atoms with E-state index in [9.17, 15) is 5.11 Å². The first-order valence-electron chi connectivity index (χ1n) is 5.22. The van der Waals surface area contributed by atoms with Gasteiger partial charge in [-0.2, -0.15) is 0 Å². The second-order valence-electron chi connectivity index (χ2n) is 3.70. The third-order valence-corrected chi connectivity index (χ3v) is 2.62. The maximum atomic E-state index is 9.22. The number of aromatic nitrogens is 2. The van der Waals surface area contributed by atoms with E-state index in [-0.39, 0.29) is 5.75 Å². The van der Waals surface area contributed by atoms with Crippen LogP contribution in [-0.4, -0.2) is 21.2 Å². The Morgan fingerprint density at radius 1 is 1.31 bits per heavy atom. The van der Waals surface area contributed by atoms with Gasteiger partial charge in [-0.05, 0) is 30.8 Å². The second kappa shape index (κ2) is 4.37. The topological polar surface area (TPSA) is 64.1 Å². The summed E-state index contributed by atoms with van der Waals surface area (Å²) in [6, 6.07) is 7.09. The van der Waals surface area contributed by atoms with Crippen LogP contribution < -0.4 is 5.73 Å². The number of aromatic hydroxyl groups is 1. The monoisotopic (exact) mass is 217 g/mol. The maximum Gasteiger partial charge on any atom is 0.115 e. The molecule has 0 bridgehead atoms. The molecule has 2 rings (SSSR count). The molecule has 1 aromatic carbocycles. The fourth-order valence-electron chi connectivity index (χ4n) is 1.71. The molecule has 4 nitrogen and oxygen atoms in total. The molecule has 0 saturated carbocycles. The van der Waals surface area contributed by atoms with E-state index in [2.05, 4.69) is 4.98 Å². The minimum Gasteiger partial charge on any atom is -0.508 e. The summed E-state index contributed by atoms with van der Waals surface area (Å²) in [5.41, 5.74) is 7.58. The van der Waals surface area contributed by atoms with E-state index in [0.717, 1.165) is 23.5 Å². The van der Waals surface area contributed by atoms with Gasteiger partial charge < -0.3 is 15.4 Å². The van der Waals surface area contributed by atoms with Crippen LogP contribution in [0.5, 0.6) is 5.75 Å². The third kappa shape index (κ3) is 1.92. The van der Waals surface area contributed by atoms with Gasteiger partial charge >= 0.3 is 0 Å². The highest BCUT2D eigenvalue weighted by Crippen LogP contribution is 2.22. The van der Waals surface area contributed by atoms with Gasteiger partial charge in [0.2, 0.25) is 0 Å². The molecular weight excluding hydrogens is 202 g/mol. The fourth-order valence-corrected chi connectivity index (χ4v) is 1.71. The van der Waals surface area contributed by atoms with Gasteiger partial charge in [0.05, 0.1) is 11.9 Å². The summed E-state index contributed by atoms with van der Waals surface area (Å²) in [5, 5.41) is 9.22. The van der Waals surface area contributed by atoms with E-state index in [4.69, 9.17) is 5.73 Å². The Bertz CT molecular complexity index is 474. The molecule has 0 aliphatic heterocycles. The van der Waals surface area contributed by atoms with Crippen molar-refractivity contribution in [1.29, 1.82) is 0 Å². The molecule has 0 aliphatic rings. The zero-order chi connectivity index (χ0) is 11.5. The van der Waals surface area contributed by atoms with E-state index in [1.54, 1.807) is 12.1 Å². The Morgan fingerprint density at radius 3 is 2.62 bits per heavy atom. The number of imidazole rings is 1. The number of phenolic OH excluding ortho intramolecular Hbond substituents is 1. The van der Waals surface area contributed by atoms with Crippen LogP contribution >= 0.6 is 0 Å². The number of nitrogens with zero attached hydrogens (tertiary/aromatic N) is 2. The molecule has 0 spiro atoms. The Hall–Kier alpha value is -1.81. The summed E-state index contributed by atoms with van der Waals surface area (Å²) in [6.45, 7) is 0.597. The van der Waals surface area contributed by atoms with Crippen LogP contribution in [0.4, 0.5) is 0 Å². The van der Waals surface area contributed by atoms with Crippen LogP contribution in [0.25, 0.3) is 11.3 Å². The minimum absolute atomic E-state index is 0.271. The van der Waals surface area contributed by atoms with Gasteiger partial charge in [-0.25, -0.2) is 4.98 Å². The van der Waals surface area contributed by atoms with E-state index >= 15 is 0 Å². The van der Waals surface area contributed by atoms with Gasteiger partial charge in [-0.3, -0.25) is 0 Å². The molecule has 0 fully saturated rings. The Balaban J connectivity index is 2.37. The summed E-state index contributed by atoms with van der Waals surface area (Å²) in [6.07, 6.45) is 2.60. The van der Waals surface area contributed by atoms with Gasteiger partial charge in [0.25, 0.3) is 0 Å². The van der Waals surface area contributed by atoms with Crippen LogP contribution in [0.15, 0.2) is 30.5 Å². The molecule has 1 aromatic heterocycles. The van der Waals surface area contributed by atoms with Crippen molar-refractivity contribution >= 4 is 0 Å². The van der Waals surface area contributed by atoms with Crippen LogP contribution in [0, 0.1) is 0 Å². The molecule has 1 heterocycles. The second-order valence-corrected chi connectivity index (χ2v) is 3.70. The number of hydrogen-bond acceptors (Lipinski definition) is 3. The largest absolute Gasteiger partial charge is 0.508 e. The first kappa shape index (κ1) is 10.7. The highest BCUT2D eigenvalue weighted by atomic mass is 16.3. The molecule has 0 amide bonds. The van der Waals surface area contributed by atoms with Gasteiger partial charge in [0, 0.05) is 19.0 Å². The lowest BCUT2D eigenvalue weighted by atomic mass is 10.1. The van der Waals surface area contributed by atoms with Crippen LogP contribution in [0.2, 0.25) is 0 Å². The summed E-state index contributed by atoms with van der Waals surface area (Å²) in [5.74, 6) is 1.25. The van der Waals surface area contributed by atoms with Crippen molar-refractivity contribution in [2.45, 2.75) is 6.42 Å². The summed E-state index contributed by atoms with van der Waals surface area (Å²) >= 11 is 0. The zero-order valence-electron chi connectivity index (χ0n) is 9.22. The first-order chi connectivity index (χ1) is 7.72. The lowest BCUT2D eigenvalue weighted by Gasteiger charge is -2.05. The number of hydrogen-bond donors (Lipinski definition) is 2. The predicted octanol–water partition coefficient (Wildman–Crippen LogP) is 1.29. The third-order valence-electron chi connectivity index (χ3n) is 2.62. The van der Waals surface area contributed by atoms with E-state index < -0.39 is 0 Å². The van der Waals surface area contributed by atoms with Crippen molar-refractivity contribution < 1.29 is 5.11 Å². The number of rotatable bonds is 3. The summed E-state index contributed by atoms with van der Waals surface area (Å²) in [4.78, 5) is 4.32. The smallest absolute Gasteiger partial charge is 0.115 e. The van der Waals surface area contributed by atoms with Gasteiger partial charge in [0.15, 0.2) is 0 Å². The fraction of sp³-hybridized carbons (Fsp3) is 0.250. The number of benzene rings is 1. The lowest BCUT2D eigenvalue weighted by molar-refractivity contribution is 0.475. The Labute approximate surface area is 94.4 Å². The zero-order valence-corrected chi connectivity index (χ0v) is 9.22. The predicted molar refractivity (Wildman–Crippen MR) is 63.1 cm³/mol. The summed E-state index contributed by atoms with van der Waals surface area (Å²) in [7, 11) is 1.97. The molecule has 0 saturated heterocycles. The minimum atomic E-state index is 0.271. The molecule has 0 aliphatic carbocycles. The Kier molecular flexibility index (Phi) is 2.92. The highest BCUT2D eigenvalue weighted by Gasteiger charge is 2.07. The molecule has 4 heteroatoms. The standard InChI is InChI=1S/C12H15N3O/c1-15-11(8-14-12(15)6-7-13)9-2-4-10(16)5-3-9/h2-5,8,16H,6-7,13H2,1H3. The van der Waals surface area contributed by atoms with E-state index in [0.29, 0.717) is 6.54 Å². The van der Waals surface area contributed by atoms with Crippen molar-refractivity contribution in [3.63, 3.8) is 0 Å². The molecular formula is C12H15N3O. The normalized spacial score (nSPS) is 10.6.